The van der Waals surface area contributed by atoms with Crippen LogP contribution in [0.1, 0.15) is 17.3 Å². The van der Waals surface area contributed by atoms with Gasteiger partial charge in [0.1, 0.15) is 6.54 Å². The summed E-state index contributed by atoms with van der Waals surface area (Å²) in [6, 6.07) is 5.27. The topological polar surface area (TPSA) is 113 Å². The van der Waals surface area contributed by atoms with Gasteiger partial charge in [0.25, 0.3) is 0 Å². The zero-order valence-corrected chi connectivity index (χ0v) is 13.1. The summed E-state index contributed by atoms with van der Waals surface area (Å²) in [5.74, 6) is -3.41. The van der Waals surface area contributed by atoms with E-state index < -0.39 is 36.3 Å². The first-order chi connectivity index (χ1) is 11.4. The smallest absolute Gasteiger partial charge is 0.340 e. The molecule has 0 radical (unpaired) electrons. The van der Waals surface area contributed by atoms with Gasteiger partial charge in [-0.25, -0.2) is 14.5 Å². The van der Waals surface area contributed by atoms with Gasteiger partial charge in [0.15, 0.2) is 0 Å². The van der Waals surface area contributed by atoms with Gasteiger partial charge in [-0.3, -0.25) is 19.3 Å². The van der Waals surface area contributed by atoms with Crippen LogP contribution in [0.2, 0.25) is 0 Å². The number of ether oxygens (including phenoxy) is 1. The first-order valence-electron chi connectivity index (χ1n) is 7.06. The Labute approximate surface area is 137 Å². The number of benzene rings is 1. The second-order valence-corrected chi connectivity index (χ2v) is 4.85. The van der Waals surface area contributed by atoms with E-state index in [1.807, 2.05) is 0 Å². The Kier molecular flexibility index (Phi) is 4.93. The van der Waals surface area contributed by atoms with E-state index in [0.29, 0.717) is 9.80 Å². The molecule has 1 saturated heterocycles. The maximum Gasteiger partial charge on any atom is 0.340 e. The Hall–Kier alpha value is -3.23. The predicted octanol–water partition coefficient (Wildman–Crippen LogP) is 0.222. The standard InChI is InChI=1S/C15H15N3O6/c1-3-24-14(22)9-6-4-5-7-10(9)16-11(19)8-18-13(21)12(20)17(2)15(18)23/h4-7H,3,8H2,1-2H3,(H,16,19). The molecular weight excluding hydrogens is 318 g/mol. The van der Waals surface area contributed by atoms with Crippen LogP contribution in [0, 0.1) is 0 Å². The van der Waals surface area contributed by atoms with Gasteiger partial charge in [-0.2, -0.15) is 0 Å². The van der Waals surface area contributed by atoms with Gasteiger partial charge in [0.05, 0.1) is 17.9 Å². The molecule has 0 atom stereocenters. The quantitative estimate of drug-likeness (QED) is 0.468. The van der Waals surface area contributed by atoms with Crippen molar-refractivity contribution in [3.05, 3.63) is 29.8 Å². The number of rotatable bonds is 5. The van der Waals surface area contributed by atoms with Crippen molar-refractivity contribution in [2.45, 2.75) is 6.92 Å². The van der Waals surface area contributed by atoms with Crippen LogP contribution in [0.4, 0.5) is 10.5 Å². The van der Waals surface area contributed by atoms with Crippen molar-refractivity contribution in [3.8, 4) is 0 Å². The van der Waals surface area contributed by atoms with E-state index >= 15 is 0 Å². The largest absolute Gasteiger partial charge is 0.462 e. The van der Waals surface area contributed by atoms with Crippen LogP contribution < -0.4 is 5.32 Å². The molecule has 0 aliphatic carbocycles. The van der Waals surface area contributed by atoms with Crippen LogP contribution in [0.3, 0.4) is 0 Å². The van der Waals surface area contributed by atoms with Gasteiger partial charge in [0.2, 0.25) is 5.91 Å². The van der Waals surface area contributed by atoms with Crippen molar-refractivity contribution in [2.75, 3.05) is 25.5 Å². The van der Waals surface area contributed by atoms with Gasteiger partial charge in [-0.15, -0.1) is 0 Å². The summed E-state index contributed by atoms with van der Waals surface area (Å²) in [5, 5.41) is 2.43. The van der Waals surface area contributed by atoms with Crippen molar-refractivity contribution >= 4 is 35.4 Å². The fourth-order valence-electron chi connectivity index (χ4n) is 2.07. The average molecular weight is 333 g/mol. The highest BCUT2D eigenvalue weighted by Crippen LogP contribution is 2.17. The van der Waals surface area contributed by atoms with Gasteiger partial charge < -0.3 is 10.1 Å². The minimum atomic E-state index is -1.07. The summed E-state index contributed by atoms with van der Waals surface area (Å²) in [7, 11) is 1.15. The Morgan fingerprint density at radius 1 is 1.12 bits per heavy atom. The van der Waals surface area contributed by atoms with E-state index in [4.69, 9.17) is 4.74 Å². The van der Waals surface area contributed by atoms with Crippen molar-refractivity contribution in [3.63, 3.8) is 0 Å². The molecule has 1 N–H and O–H groups in total. The highest BCUT2D eigenvalue weighted by atomic mass is 16.5. The number of anilines is 1. The number of amides is 5. The summed E-state index contributed by atoms with van der Waals surface area (Å²) in [6.45, 7) is 1.19. The van der Waals surface area contributed by atoms with Gasteiger partial charge in [0, 0.05) is 7.05 Å². The van der Waals surface area contributed by atoms with E-state index in [1.54, 1.807) is 19.1 Å². The van der Waals surface area contributed by atoms with Crippen molar-refractivity contribution in [2.24, 2.45) is 0 Å². The summed E-state index contributed by atoms with van der Waals surface area (Å²) >= 11 is 0. The second kappa shape index (κ2) is 6.90. The second-order valence-electron chi connectivity index (χ2n) is 4.85. The fraction of sp³-hybridized carbons (Fsp3) is 0.267. The van der Waals surface area contributed by atoms with Crippen LogP contribution in [0.25, 0.3) is 0 Å². The van der Waals surface area contributed by atoms with Crippen LogP contribution in [-0.2, 0) is 19.1 Å². The molecule has 2 rings (SSSR count). The van der Waals surface area contributed by atoms with E-state index in [1.165, 1.54) is 12.1 Å². The number of para-hydroxylation sites is 1. The molecule has 0 bridgehead atoms. The number of hydrogen-bond acceptors (Lipinski definition) is 6. The number of carbonyl (C=O) groups excluding carboxylic acids is 5. The third-order valence-electron chi connectivity index (χ3n) is 3.25. The maximum absolute atomic E-state index is 12.1. The molecule has 24 heavy (non-hydrogen) atoms. The Balaban J connectivity index is 2.11. The number of nitrogens with zero attached hydrogens (tertiary/aromatic N) is 2. The Bertz CT molecular complexity index is 730. The number of likely N-dealkylation sites (N-methyl/N-ethyl adjacent to an activating group) is 1. The summed E-state index contributed by atoms with van der Waals surface area (Å²) in [4.78, 5) is 59.8. The molecule has 5 amide bonds. The highest BCUT2D eigenvalue weighted by Gasteiger charge is 2.43. The van der Waals surface area contributed by atoms with E-state index in [2.05, 4.69) is 5.32 Å². The monoisotopic (exact) mass is 333 g/mol. The molecular formula is C15H15N3O6. The number of nitrogens with one attached hydrogen (secondary N) is 1. The van der Waals surface area contributed by atoms with Gasteiger partial charge in [-0.05, 0) is 19.1 Å². The zero-order chi connectivity index (χ0) is 17.9. The third kappa shape index (κ3) is 3.24. The molecule has 1 aromatic rings. The maximum atomic E-state index is 12.1. The average Bonchev–Trinajstić information content (AvgIpc) is 2.73. The van der Waals surface area contributed by atoms with Crippen molar-refractivity contribution < 1.29 is 28.7 Å². The molecule has 1 aliphatic rings. The molecule has 0 aromatic heterocycles. The van der Waals surface area contributed by atoms with Crippen molar-refractivity contribution in [1.82, 2.24) is 9.80 Å². The SMILES string of the molecule is CCOC(=O)c1ccccc1NC(=O)CN1C(=O)C(=O)N(C)C1=O. The lowest BCUT2D eigenvalue weighted by Crippen LogP contribution is -2.38. The summed E-state index contributed by atoms with van der Waals surface area (Å²) < 4.78 is 4.89. The summed E-state index contributed by atoms with van der Waals surface area (Å²) in [6.07, 6.45) is 0. The molecule has 1 heterocycles. The lowest BCUT2D eigenvalue weighted by Gasteiger charge is -2.14. The molecule has 1 aromatic carbocycles. The molecule has 0 unspecified atom stereocenters. The molecule has 126 valence electrons. The van der Waals surface area contributed by atoms with Crippen LogP contribution in [-0.4, -0.2) is 59.7 Å². The Morgan fingerprint density at radius 2 is 1.79 bits per heavy atom. The van der Waals surface area contributed by atoms with Crippen molar-refractivity contribution in [1.29, 1.82) is 0 Å². The minimum Gasteiger partial charge on any atom is -0.462 e. The lowest BCUT2D eigenvalue weighted by atomic mass is 10.2. The number of imide groups is 2. The number of carbonyl (C=O) groups is 5. The van der Waals surface area contributed by atoms with Crippen LogP contribution in [0.15, 0.2) is 24.3 Å². The molecule has 9 nitrogen and oxygen atoms in total. The normalized spacial score (nSPS) is 14.2. The van der Waals surface area contributed by atoms with Gasteiger partial charge >= 0.3 is 23.8 Å². The number of hydrogen-bond donors (Lipinski definition) is 1. The molecule has 1 fully saturated rings. The third-order valence-corrected chi connectivity index (χ3v) is 3.25. The summed E-state index contributed by atoms with van der Waals surface area (Å²) in [5.41, 5.74) is 0.319. The Morgan fingerprint density at radius 3 is 2.38 bits per heavy atom. The number of urea groups is 1. The van der Waals surface area contributed by atoms with Crippen LogP contribution >= 0.6 is 0 Å². The lowest BCUT2D eigenvalue weighted by molar-refractivity contribution is -0.143. The first-order valence-corrected chi connectivity index (χ1v) is 7.06. The van der Waals surface area contributed by atoms with E-state index in [0.717, 1.165) is 7.05 Å². The van der Waals surface area contributed by atoms with E-state index in [-0.39, 0.29) is 17.9 Å². The molecule has 9 heteroatoms. The van der Waals surface area contributed by atoms with Gasteiger partial charge in [-0.1, -0.05) is 12.1 Å². The zero-order valence-electron chi connectivity index (χ0n) is 13.1. The number of esters is 1. The molecule has 1 aliphatic heterocycles. The molecule has 0 saturated carbocycles. The van der Waals surface area contributed by atoms with Crippen LogP contribution in [0.5, 0.6) is 0 Å². The highest BCUT2D eigenvalue weighted by molar-refractivity contribution is 6.44. The van der Waals surface area contributed by atoms with E-state index in [9.17, 15) is 24.0 Å². The molecule has 0 spiro atoms. The fourth-order valence-corrected chi connectivity index (χ4v) is 2.07. The first kappa shape index (κ1) is 17.1. The minimum absolute atomic E-state index is 0.139. The predicted molar refractivity (Wildman–Crippen MR) is 80.9 cm³/mol.